The van der Waals surface area contributed by atoms with Gasteiger partial charge in [-0.2, -0.15) is 0 Å². The minimum atomic E-state index is 0.776. The van der Waals surface area contributed by atoms with Gasteiger partial charge >= 0.3 is 0 Å². The van der Waals surface area contributed by atoms with Crippen molar-refractivity contribution in [3.05, 3.63) is 6.42 Å². The molecule has 0 aliphatic heterocycles. The van der Waals surface area contributed by atoms with Gasteiger partial charge in [0.15, 0.2) is 0 Å². The molecule has 9 heavy (non-hydrogen) atoms. The molecule has 0 amide bonds. The molecule has 0 bridgehead atoms. The van der Waals surface area contributed by atoms with Crippen molar-refractivity contribution in [1.29, 1.82) is 0 Å². The van der Waals surface area contributed by atoms with Crippen LogP contribution in [0.1, 0.15) is 44.9 Å². The van der Waals surface area contributed by atoms with Crippen molar-refractivity contribution < 1.29 is 0 Å². The maximum absolute atomic E-state index is 2.60. The van der Waals surface area contributed by atoms with Crippen LogP contribution in [0.4, 0.5) is 0 Å². The third kappa shape index (κ3) is 0.889. The molecule has 0 nitrogen and oxygen atoms in total. The Morgan fingerprint density at radius 1 is 0.889 bits per heavy atom. The molecular weight excluding hydrogens is 108 g/mol. The first-order valence-electron chi connectivity index (χ1n) is 4.26. The molecule has 0 aromatic heterocycles. The third-order valence-corrected chi connectivity index (χ3v) is 3.06. The minimum Gasteiger partial charge on any atom is -0.0530 e. The molecule has 1 spiro atoms. The predicted octanol–water partition coefficient (Wildman–Crippen LogP) is 2.93. The molecule has 2 rings (SSSR count). The molecule has 0 heteroatoms. The highest BCUT2D eigenvalue weighted by Gasteiger charge is 2.37. The molecular formula is C9H15. The van der Waals surface area contributed by atoms with Crippen LogP contribution in [0.2, 0.25) is 0 Å². The summed E-state index contributed by atoms with van der Waals surface area (Å²) in [5.74, 6) is 0. The summed E-state index contributed by atoms with van der Waals surface area (Å²) in [6, 6.07) is 0. The monoisotopic (exact) mass is 123 g/mol. The van der Waals surface area contributed by atoms with Crippen LogP contribution in [0, 0.1) is 11.8 Å². The van der Waals surface area contributed by atoms with Crippen LogP contribution >= 0.6 is 0 Å². The average Bonchev–Trinajstić information content (AvgIpc) is 1.87. The van der Waals surface area contributed by atoms with E-state index in [1.54, 1.807) is 0 Å². The lowest BCUT2D eigenvalue weighted by atomic mass is 9.61. The van der Waals surface area contributed by atoms with Crippen molar-refractivity contribution in [3.63, 3.8) is 0 Å². The maximum Gasteiger partial charge on any atom is -0.0266 e. The second kappa shape index (κ2) is 2.00. The van der Waals surface area contributed by atoms with Gasteiger partial charge in [0.2, 0.25) is 0 Å². The zero-order chi connectivity index (χ0) is 6.16. The topological polar surface area (TPSA) is 0 Å². The zero-order valence-corrected chi connectivity index (χ0v) is 6.03. The molecule has 2 saturated carbocycles. The second-order valence-corrected chi connectivity index (χ2v) is 3.67. The Bertz CT molecular complexity index is 92.6. The van der Waals surface area contributed by atoms with Gasteiger partial charge in [-0.25, -0.2) is 0 Å². The first kappa shape index (κ1) is 5.76. The molecule has 2 aliphatic carbocycles. The predicted molar refractivity (Wildman–Crippen MR) is 39.1 cm³/mol. The fourth-order valence-electron chi connectivity index (χ4n) is 2.22. The summed E-state index contributed by atoms with van der Waals surface area (Å²) in [6.07, 6.45) is 13.0. The van der Waals surface area contributed by atoms with Gasteiger partial charge in [-0.05, 0) is 37.5 Å². The van der Waals surface area contributed by atoms with E-state index < -0.39 is 0 Å². The number of rotatable bonds is 0. The molecule has 0 N–H and O–H groups in total. The van der Waals surface area contributed by atoms with Crippen molar-refractivity contribution in [2.45, 2.75) is 44.9 Å². The van der Waals surface area contributed by atoms with Crippen LogP contribution in [0.3, 0.4) is 0 Å². The molecule has 0 heterocycles. The van der Waals surface area contributed by atoms with Gasteiger partial charge in [-0.15, -0.1) is 0 Å². The first-order chi connectivity index (χ1) is 4.41. The van der Waals surface area contributed by atoms with Crippen LogP contribution < -0.4 is 0 Å². The lowest BCUT2D eigenvalue weighted by Crippen LogP contribution is -2.31. The standard InChI is InChI=1S/C9H15/c1-2-5-9(6-3-1)7-4-8-9/h5H,1-4,6-8H2. The van der Waals surface area contributed by atoms with E-state index >= 15 is 0 Å². The lowest BCUT2D eigenvalue weighted by Gasteiger charge is -2.44. The minimum absolute atomic E-state index is 0.776. The summed E-state index contributed by atoms with van der Waals surface area (Å²) in [7, 11) is 0. The van der Waals surface area contributed by atoms with Crippen molar-refractivity contribution in [3.8, 4) is 0 Å². The van der Waals surface area contributed by atoms with E-state index in [1.165, 1.54) is 44.9 Å². The van der Waals surface area contributed by atoms with Crippen molar-refractivity contribution in [2.24, 2.45) is 5.41 Å². The Morgan fingerprint density at radius 2 is 1.67 bits per heavy atom. The average molecular weight is 123 g/mol. The maximum atomic E-state index is 2.60. The molecule has 1 radical (unpaired) electrons. The van der Waals surface area contributed by atoms with Crippen molar-refractivity contribution >= 4 is 0 Å². The molecule has 2 fully saturated rings. The Morgan fingerprint density at radius 3 is 2.00 bits per heavy atom. The second-order valence-electron chi connectivity index (χ2n) is 3.67. The van der Waals surface area contributed by atoms with Crippen LogP contribution in [-0.4, -0.2) is 0 Å². The quantitative estimate of drug-likeness (QED) is 0.464. The van der Waals surface area contributed by atoms with E-state index in [2.05, 4.69) is 6.42 Å². The van der Waals surface area contributed by atoms with Crippen molar-refractivity contribution in [1.82, 2.24) is 0 Å². The van der Waals surface area contributed by atoms with E-state index in [1.807, 2.05) is 0 Å². The van der Waals surface area contributed by atoms with E-state index in [0.717, 1.165) is 5.41 Å². The Kier molecular flexibility index (Phi) is 1.28. The number of hydrogen-bond donors (Lipinski definition) is 0. The Labute approximate surface area is 57.6 Å². The molecule has 0 aromatic carbocycles. The van der Waals surface area contributed by atoms with E-state index in [0.29, 0.717) is 0 Å². The van der Waals surface area contributed by atoms with Crippen LogP contribution in [0.25, 0.3) is 0 Å². The van der Waals surface area contributed by atoms with Crippen LogP contribution in [0.5, 0.6) is 0 Å². The fourth-order valence-corrected chi connectivity index (χ4v) is 2.22. The summed E-state index contributed by atoms with van der Waals surface area (Å²) in [5, 5.41) is 0. The van der Waals surface area contributed by atoms with E-state index in [9.17, 15) is 0 Å². The van der Waals surface area contributed by atoms with Gasteiger partial charge in [-0.3, -0.25) is 0 Å². The van der Waals surface area contributed by atoms with Gasteiger partial charge in [0.25, 0.3) is 0 Å². The lowest BCUT2D eigenvalue weighted by molar-refractivity contribution is 0.135. The summed E-state index contributed by atoms with van der Waals surface area (Å²) in [5.41, 5.74) is 0.776. The van der Waals surface area contributed by atoms with Gasteiger partial charge in [0, 0.05) is 0 Å². The molecule has 2 aliphatic rings. The highest BCUT2D eigenvalue weighted by atomic mass is 14.4. The zero-order valence-electron chi connectivity index (χ0n) is 6.03. The molecule has 51 valence electrons. The van der Waals surface area contributed by atoms with E-state index in [-0.39, 0.29) is 0 Å². The molecule has 0 saturated heterocycles. The first-order valence-corrected chi connectivity index (χ1v) is 4.26. The highest BCUT2D eigenvalue weighted by molar-refractivity contribution is 5.00. The van der Waals surface area contributed by atoms with Gasteiger partial charge in [0.05, 0.1) is 0 Å². The van der Waals surface area contributed by atoms with Gasteiger partial charge in [-0.1, -0.05) is 19.3 Å². The smallest absolute Gasteiger partial charge is 0.0266 e. The van der Waals surface area contributed by atoms with Crippen LogP contribution in [-0.2, 0) is 0 Å². The Balaban J connectivity index is 1.93. The normalized spacial score (nSPS) is 32.0. The SMILES string of the molecule is [CH]1CCCCC12CCC2. The van der Waals surface area contributed by atoms with Crippen LogP contribution in [0.15, 0.2) is 0 Å². The third-order valence-electron chi connectivity index (χ3n) is 3.06. The molecule has 0 aromatic rings. The molecule has 0 atom stereocenters. The van der Waals surface area contributed by atoms with E-state index in [4.69, 9.17) is 0 Å². The summed E-state index contributed by atoms with van der Waals surface area (Å²) in [6.45, 7) is 0. The largest absolute Gasteiger partial charge is 0.0530 e. The summed E-state index contributed by atoms with van der Waals surface area (Å²) in [4.78, 5) is 0. The summed E-state index contributed by atoms with van der Waals surface area (Å²) < 4.78 is 0. The number of hydrogen-bond acceptors (Lipinski definition) is 0. The van der Waals surface area contributed by atoms with Gasteiger partial charge in [0.1, 0.15) is 0 Å². The molecule has 0 unspecified atom stereocenters. The highest BCUT2D eigenvalue weighted by Crippen LogP contribution is 2.50. The van der Waals surface area contributed by atoms with Crippen molar-refractivity contribution in [2.75, 3.05) is 0 Å². The fraction of sp³-hybridized carbons (Fsp3) is 0.889. The Hall–Kier alpha value is 0. The van der Waals surface area contributed by atoms with Gasteiger partial charge < -0.3 is 0 Å². The summed E-state index contributed by atoms with van der Waals surface area (Å²) >= 11 is 0.